The predicted octanol–water partition coefficient (Wildman–Crippen LogP) is 3.83. The monoisotopic (exact) mass is 414 g/mol. The average molecular weight is 415 g/mol. The number of benzene rings is 2. The van der Waals surface area contributed by atoms with Crippen molar-refractivity contribution in [3.05, 3.63) is 65.2 Å². The number of rotatable bonds is 7. The van der Waals surface area contributed by atoms with E-state index in [1.54, 1.807) is 13.3 Å². The van der Waals surface area contributed by atoms with E-state index < -0.39 is 0 Å². The van der Waals surface area contributed by atoms with Crippen LogP contribution in [0.25, 0.3) is 0 Å². The fourth-order valence-electron chi connectivity index (χ4n) is 2.92. The van der Waals surface area contributed by atoms with Gasteiger partial charge in [0.1, 0.15) is 5.75 Å². The second kappa shape index (κ2) is 11.1. The normalized spacial score (nSPS) is 15.8. The van der Waals surface area contributed by atoms with Gasteiger partial charge in [0.25, 0.3) is 0 Å². The van der Waals surface area contributed by atoms with Crippen LogP contribution in [0.5, 0.6) is 5.75 Å². The van der Waals surface area contributed by atoms with Gasteiger partial charge in [0.15, 0.2) is 5.17 Å². The lowest BCUT2D eigenvalue weighted by atomic mass is 10.1. The minimum Gasteiger partial charge on any atom is -0.496 e. The predicted molar refractivity (Wildman–Crippen MR) is 123 cm³/mol. The Morgan fingerprint density at radius 1 is 1.21 bits per heavy atom. The van der Waals surface area contributed by atoms with Crippen LogP contribution < -0.4 is 10.5 Å². The highest BCUT2D eigenvalue weighted by Gasteiger charge is 2.13. The van der Waals surface area contributed by atoms with E-state index >= 15 is 0 Å². The van der Waals surface area contributed by atoms with Crippen LogP contribution in [-0.4, -0.2) is 48.0 Å². The van der Waals surface area contributed by atoms with Gasteiger partial charge in [-0.15, -0.1) is 5.10 Å². The Morgan fingerprint density at radius 2 is 2.00 bits per heavy atom. The Morgan fingerprint density at radius 3 is 2.75 bits per heavy atom. The number of hydrogen-bond acceptors (Lipinski definition) is 6. The topological polar surface area (TPSA) is 63.2 Å². The molecule has 0 saturated carbocycles. The molecule has 28 heavy (non-hydrogen) atoms. The van der Waals surface area contributed by atoms with Crippen LogP contribution in [0.15, 0.2) is 58.7 Å². The zero-order chi connectivity index (χ0) is 19.6. The highest BCUT2D eigenvalue weighted by Crippen LogP contribution is 2.22. The van der Waals surface area contributed by atoms with E-state index in [4.69, 9.17) is 10.5 Å². The molecule has 148 valence electrons. The van der Waals surface area contributed by atoms with Gasteiger partial charge in [0.05, 0.1) is 13.3 Å². The van der Waals surface area contributed by atoms with E-state index in [0.29, 0.717) is 5.17 Å². The van der Waals surface area contributed by atoms with Gasteiger partial charge in [-0.05, 0) is 29.3 Å². The molecular weight excluding hydrogens is 388 g/mol. The van der Waals surface area contributed by atoms with Gasteiger partial charge in [0.2, 0.25) is 0 Å². The molecule has 3 rings (SSSR count). The van der Waals surface area contributed by atoms with Crippen molar-refractivity contribution in [2.45, 2.75) is 12.3 Å². The Balaban J connectivity index is 1.60. The van der Waals surface area contributed by atoms with Crippen molar-refractivity contribution in [1.29, 1.82) is 0 Å². The number of nitrogens with zero attached hydrogens (tertiary/aromatic N) is 3. The lowest BCUT2D eigenvalue weighted by Crippen LogP contribution is -2.32. The van der Waals surface area contributed by atoms with Crippen LogP contribution >= 0.6 is 23.5 Å². The molecule has 0 aliphatic carbocycles. The lowest BCUT2D eigenvalue weighted by Gasteiger charge is -2.26. The molecule has 7 heteroatoms. The van der Waals surface area contributed by atoms with E-state index in [2.05, 4.69) is 33.3 Å². The fraction of sp³-hybridized carbons (Fsp3) is 0.333. The van der Waals surface area contributed by atoms with E-state index in [-0.39, 0.29) is 0 Å². The van der Waals surface area contributed by atoms with Crippen molar-refractivity contribution in [2.24, 2.45) is 15.9 Å². The molecule has 1 aliphatic rings. The zero-order valence-electron chi connectivity index (χ0n) is 16.1. The molecule has 0 spiro atoms. The summed E-state index contributed by atoms with van der Waals surface area (Å²) in [5.41, 5.74) is 9.34. The quantitative estimate of drug-likeness (QED) is 0.424. The van der Waals surface area contributed by atoms with Crippen LogP contribution in [0.3, 0.4) is 0 Å². The number of hydrogen-bond donors (Lipinski definition) is 1. The molecule has 1 fully saturated rings. The van der Waals surface area contributed by atoms with Gasteiger partial charge >= 0.3 is 0 Å². The first-order valence-electron chi connectivity index (χ1n) is 9.25. The maximum absolute atomic E-state index is 5.96. The van der Waals surface area contributed by atoms with Gasteiger partial charge in [-0.2, -0.15) is 16.9 Å². The Bertz CT molecular complexity index is 805. The van der Waals surface area contributed by atoms with E-state index in [0.717, 1.165) is 36.7 Å². The molecule has 0 atom stereocenters. The Labute approximate surface area is 175 Å². The van der Waals surface area contributed by atoms with Gasteiger partial charge in [-0.3, -0.25) is 4.90 Å². The van der Waals surface area contributed by atoms with Crippen molar-refractivity contribution >= 4 is 34.9 Å². The summed E-state index contributed by atoms with van der Waals surface area (Å²) in [5.74, 6) is 4.08. The summed E-state index contributed by atoms with van der Waals surface area (Å²) >= 11 is 3.50. The Kier molecular flexibility index (Phi) is 8.26. The van der Waals surface area contributed by atoms with Gasteiger partial charge in [0, 0.05) is 42.5 Å². The molecule has 0 unspecified atom stereocenters. The highest BCUT2D eigenvalue weighted by atomic mass is 32.2. The minimum absolute atomic E-state index is 0.458. The zero-order valence-corrected chi connectivity index (χ0v) is 17.7. The van der Waals surface area contributed by atoms with Crippen LogP contribution in [0, 0.1) is 0 Å². The van der Waals surface area contributed by atoms with Crippen molar-refractivity contribution in [3.63, 3.8) is 0 Å². The second-order valence-corrected chi connectivity index (χ2v) is 8.64. The van der Waals surface area contributed by atoms with Gasteiger partial charge < -0.3 is 10.5 Å². The molecule has 0 aromatic heterocycles. The average Bonchev–Trinajstić information content (AvgIpc) is 2.74. The van der Waals surface area contributed by atoms with Crippen LogP contribution in [0.2, 0.25) is 0 Å². The van der Waals surface area contributed by atoms with Crippen molar-refractivity contribution in [2.75, 3.05) is 31.7 Å². The summed E-state index contributed by atoms with van der Waals surface area (Å²) in [6.07, 6.45) is 1.74. The van der Waals surface area contributed by atoms with Crippen LogP contribution in [0.1, 0.15) is 16.7 Å². The number of amidine groups is 1. The first-order chi connectivity index (χ1) is 13.7. The summed E-state index contributed by atoms with van der Waals surface area (Å²) in [6, 6.07) is 16.3. The molecule has 0 amide bonds. The third-order valence-electron chi connectivity index (χ3n) is 4.39. The summed E-state index contributed by atoms with van der Waals surface area (Å²) in [5, 5.41) is 8.72. The molecule has 2 aromatic rings. The Hall–Kier alpha value is -1.96. The molecule has 5 nitrogen and oxygen atoms in total. The summed E-state index contributed by atoms with van der Waals surface area (Å²) in [4.78, 5) is 2.46. The number of nitrogens with two attached hydrogens (primary N) is 1. The van der Waals surface area contributed by atoms with Gasteiger partial charge in [-0.1, -0.05) is 42.1 Å². The number of methoxy groups -OCH3 is 1. The molecule has 0 bridgehead atoms. The fourth-order valence-corrected chi connectivity index (χ4v) is 4.51. The molecular formula is C21H26N4OS2. The largest absolute Gasteiger partial charge is 0.496 e. The van der Waals surface area contributed by atoms with E-state index in [1.165, 1.54) is 34.4 Å². The maximum Gasteiger partial charge on any atom is 0.180 e. The summed E-state index contributed by atoms with van der Waals surface area (Å²) in [6.45, 7) is 3.13. The summed E-state index contributed by atoms with van der Waals surface area (Å²) in [7, 11) is 1.72. The van der Waals surface area contributed by atoms with E-state index in [1.807, 2.05) is 42.1 Å². The standard InChI is InChI=1S/C21H26N4OS2/c1-26-20-8-7-18(13-19(20)15-25-9-11-27-12-10-25)14-23-24-21(22)28-16-17-5-3-2-4-6-17/h2-8,13-14H,9-12,15-16H2,1H3,(H2,22,24). The third kappa shape index (κ3) is 6.58. The first-order valence-corrected chi connectivity index (χ1v) is 11.4. The first kappa shape index (κ1) is 20.8. The maximum atomic E-state index is 5.96. The van der Waals surface area contributed by atoms with Gasteiger partial charge in [-0.25, -0.2) is 0 Å². The molecule has 1 aliphatic heterocycles. The molecule has 1 heterocycles. The van der Waals surface area contributed by atoms with Crippen molar-refractivity contribution < 1.29 is 4.74 Å². The van der Waals surface area contributed by atoms with Crippen molar-refractivity contribution in [1.82, 2.24) is 4.90 Å². The number of thioether (sulfide) groups is 2. The third-order valence-corrected chi connectivity index (χ3v) is 6.19. The molecule has 1 saturated heterocycles. The number of ether oxygens (including phenoxy) is 1. The molecule has 0 radical (unpaired) electrons. The highest BCUT2D eigenvalue weighted by molar-refractivity contribution is 8.13. The summed E-state index contributed by atoms with van der Waals surface area (Å²) < 4.78 is 5.53. The molecule has 2 aromatic carbocycles. The minimum atomic E-state index is 0.458. The van der Waals surface area contributed by atoms with Crippen molar-refractivity contribution in [3.8, 4) is 5.75 Å². The molecule has 2 N–H and O–H groups in total. The lowest BCUT2D eigenvalue weighted by molar-refractivity contribution is 0.288. The van der Waals surface area contributed by atoms with Crippen LogP contribution in [-0.2, 0) is 12.3 Å². The SMILES string of the molecule is COc1ccc(C=NN=C(N)SCc2ccccc2)cc1CN1CCSCC1. The smallest absolute Gasteiger partial charge is 0.180 e. The van der Waals surface area contributed by atoms with E-state index in [9.17, 15) is 0 Å². The second-order valence-electron chi connectivity index (χ2n) is 6.42. The van der Waals surface area contributed by atoms with Crippen LogP contribution in [0.4, 0.5) is 0 Å².